The van der Waals surface area contributed by atoms with Crippen molar-refractivity contribution in [1.29, 1.82) is 0 Å². The Bertz CT molecular complexity index is 518. The fraction of sp³-hybridized carbons (Fsp3) is 0.0833. The van der Waals surface area contributed by atoms with Crippen molar-refractivity contribution in [2.24, 2.45) is 0 Å². The quantitative estimate of drug-likeness (QED) is 0.791. The van der Waals surface area contributed by atoms with E-state index in [0.29, 0.717) is 16.5 Å². The summed E-state index contributed by atoms with van der Waals surface area (Å²) < 4.78 is 19.6. The molecule has 1 aromatic carbocycles. The zero-order valence-corrected chi connectivity index (χ0v) is 11.0. The topological polar surface area (TPSA) is 22.1 Å². The van der Waals surface area contributed by atoms with Gasteiger partial charge in [0, 0.05) is 10.0 Å². The molecule has 0 unspecified atom stereocenters. The van der Waals surface area contributed by atoms with E-state index in [9.17, 15) is 4.39 Å². The summed E-state index contributed by atoms with van der Waals surface area (Å²) in [6, 6.07) is 8.02. The lowest BCUT2D eigenvalue weighted by Crippen LogP contribution is -1.98. The molecule has 0 atom stereocenters. The molecule has 1 heterocycles. The van der Waals surface area contributed by atoms with Crippen molar-refractivity contribution in [2.45, 2.75) is 6.61 Å². The minimum absolute atomic E-state index is 0.147. The first-order valence-corrected chi connectivity index (χ1v) is 6.00. The number of pyridine rings is 1. The molecule has 2 rings (SSSR count). The van der Waals surface area contributed by atoms with Gasteiger partial charge in [-0.1, -0.05) is 27.5 Å². The van der Waals surface area contributed by atoms with Crippen molar-refractivity contribution in [3.8, 4) is 5.75 Å². The van der Waals surface area contributed by atoms with E-state index in [1.807, 2.05) is 0 Å². The van der Waals surface area contributed by atoms with E-state index in [0.717, 1.165) is 4.47 Å². The van der Waals surface area contributed by atoms with Gasteiger partial charge in [0.25, 0.3) is 0 Å². The van der Waals surface area contributed by atoms with Gasteiger partial charge in [0.05, 0.1) is 6.20 Å². The predicted octanol–water partition coefficient (Wildman–Crippen LogP) is 4.22. The van der Waals surface area contributed by atoms with Crippen LogP contribution in [-0.4, -0.2) is 4.98 Å². The number of ether oxygens (including phenoxy) is 1. The molecule has 17 heavy (non-hydrogen) atoms. The Balaban J connectivity index is 2.07. The minimum Gasteiger partial charge on any atom is -0.487 e. The molecule has 0 aliphatic heterocycles. The van der Waals surface area contributed by atoms with Gasteiger partial charge in [0.2, 0.25) is 0 Å². The molecule has 0 aliphatic carbocycles. The van der Waals surface area contributed by atoms with Crippen LogP contribution in [0.3, 0.4) is 0 Å². The van der Waals surface area contributed by atoms with Crippen molar-refractivity contribution >= 4 is 27.5 Å². The Hall–Kier alpha value is -1.13. The normalized spacial score (nSPS) is 10.3. The largest absolute Gasteiger partial charge is 0.487 e. The van der Waals surface area contributed by atoms with Crippen molar-refractivity contribution in [2.75, 3.05) is 0 Å². The molecule has 0 saturated heterocycles. The first-order chi connectivity index (χ1) is 8.15. The second-order valence-electron chi connectivity index (χ2n) is 3.34. The smallest absolute Gasteiger partial charge is 0.138 e. The third kappa shape index (κ3) is 3.41. The third-order valence-electron chi connectivity index (χ3n) is 2.10. The van der Waals surface area contributed by atoms with Crippen LogP contribution in [0.25, 0.3) is 0 Å². The second-order valence-corrected chi connectivity index (χ2v) is 4.64. The van der Waals surface area contributed by atoms with Crippen LogP contribution < -0.4 is 4.74 Å². The van der Waals surface area contributed by atoms with E-state index in [1.54, 1.807) is 24.3 Å². The van der Waals surface area contributed by atoms with Gasteiger partial charge in [0.1, 0.15) is 23.3 Å². The highest BCUT2D eigenvalue weighted by atomic mass is 79.9. The van der Waals surface area contributed by atoms with Crippen LogP contribution in [0.1, 0.15) is 5.56 Å². The van der Waals surface area contributed by atoms with E-state index in [1.165, 1.54) is 12.3 Å². The van der Waals surface area contributed by atoms with Crippen LogP contribution in [0.15, 0.2) is 41.0 Å². The molecule has 0 bridgehead atoms. The molecular weight excluding hydrogens is 308 g/mol. The summed E-state index contributed by atoms with van der Waals surface area (Å²) in [6.07, 6.45) is 1.50. The Kier molecular flexibility index (Phi) is 3.97. The summed E-state index contributed by atoms with van der Waals surface area (Å²) in [4.78, 5) is 3.87. The number of rotatable bonds is 3. The number of benzene rings is 1. The molecular formula is C12H8BrClFNO. The van der Waals surface area contributed by atoms with Crippen LogP contribution in [0.4, 0.5) is 4.39 Å². The maximum Gasteiger partial charge on any atom is 0.138 e. The molecule has 88 valence electrons. The van der Waals surface area contributed by atoms with Gasteiger partial charge in [-0.15, -0.1) is 0 Å². The molecule has 0 saturated carbocycles. The van der Waals surface area contributed by atoms with Gasteiger partial charge in [-0.25, -0.2) is 9.37 Å². The van der Waals surface area contributed by atoms with E-state index in [-0.39, 0.29) is 12.4 Å². The molecule has 0 radical (unpaired) electrons. The Morgan fingerprint density at radius 1 is 1.29 bits per heavy atom. The molecule has 2 aromatic rings. The van der Waals surface area contributed by atoms with E-state index >= 15 is 0 Å². The number of nitrogens with zero attached hydrogens (tertiary/aromatic N) is 1. The van der Waals surface area contributed by atoms with Crippen LogP contribution >= 0.6 is 27.5 Å². The van der Waals surface area contributed by atoms with Crippen LogP contribution in [0.5, 0.6) is 5.75 Å². The fourth-order valence-corrected chi connectivity index (χ4v) is 1.78. The Morgan fingerprint density at radius 2 is 2.12 bits per heavy atom. The lowest BCUT2D eigenvalue weighted by atomic mass is 10.2. The summed E-state index contributed by atoms with van der Waals surface area (Å²) in [7, 11) is 0. The highest BCUT2D eigenvalue weighted by Crippen LogP contribution is 2.18. The van der Waals surface area contributed by atoms with Crippen LogP contribution in [0.2, 0.25) is 5.15 Å². The first-order valence-electron chi connectivity index (χ1n) is 4.83. The van der Waals surface area contributed by atoms with Crippen LogP contribution in [-0.2, 0) is 6.61 Å². The monoisotopic (exact) mass is 315 g/mol. The molecule has 0 spiro atoms. The molecule has 0 N–H and O–H groups in total. The minimum atomic E-state index is -0.296. The molecule has 2 nitrogen and oxygen atoms in total. The van der Waals surface area contributed by atoms with Crippen molar-refractivity contribution in [1.82, 2.24) is 4.98 Å². The number of hydrogen-bond acceptors (Lipinski definition) is 2. The maximum absolute atomic E-state index is 13.4. The average molecular weight is 317 g/mol. The highest BCUT2D eigenvalue weighted by molar-refractivity contribution is 9.10. The van der Waals surface area contributed by atoms with Gasteiger partial charge in [0.15, 0.2) is 0 Å². The third-order valence-corrected chi connectivity index (χ3v) is 2.82. The van der Waals surface area contributed by atoms with Crippen LogP contribution in [0, 0.1) is 5.82 Å². The first kappa shape index (κ1) is 12.3. The number of hydrogen-bond donors (Lipinski definition) is 0. The van der Waals surface area contributed by atoms with E-state index in [4.69, 9.17) is 16.3 Å². The summed E-state index contributed by atoms with van der Waals surface area (Å²) in [6.45, 7) is 0.147. The van der Waals surface area contributed by atoms with Gasteiger partial charge in [-0.2, -0.15) is 0 Å². The standard InChI is InChI=1S/C12H8BrClFNO/c13-9-1-3-11(15)8(5-9)7-17-10-2-4-12(14)16-6-10/h1-6H,7H2. The van der Waals surface area contributed by atoms with Crippen molar-refractivity contribution < 1.29 is 9.13 Å². The van der Waals surface area contributed by atoms with Crippen molar-refractivity contribution in [3.05, 3.63) is 57.5 Å². The zero-order chi connectivity index (χ0) is 12.3. The Morgan fingerprint density at radius 3 is 2.82 bits per heavy atom. The number of aromatic nitrogens is 1. The molecule has 0 fully saturated rings. The maximum atomic E-state index is 13.4. The summed E-state index contributed by atoms with van der Waals surface area (Å²) in [5.74, 6) is 0.254. The summed E-state index contributed by atoms with van der Waals surface area (Å²) >= 11 is 8.92. The van der Waals surface area contributed by atoms with Gasteiger partial charge in [-0.05, 0) is 30.3 Å². The molecule has 0 aliphatic rings. The van der Waals surface area contributed by atoms with Gasteiger partial charge in [-0.3, -0.25) is 0 Å². The average Bonchev–Trinajstić information content (AvgIpc) is 2.32. The van der Waals surface area contributed by atoms with Gasteiger partial charge < -0.3 is 4.74 Å². The molecule has 1 aromatic heterocycles. The SMILES string of the molecule is Fc1ccc(Br)cc1COc1ccc(Cl)nc1. The lowest BCUT2D eigenvalue weighted by Gasteiger charge is -2.07. The summed E-state index contributed by atoms with van der Waals surface area (Å²) in [5, 5.41) is 0.394. The molecule has 0 amide bonds. The predicted molar refractivity (Wildman–Crippen MR) is 67.7 cm³/mol. The van der Waals surface area contributed by atoms with E-state index < -0.39 is 0 Å². The zero-order valence-electron chi connectivity index (χ0n) is 8.66. The van der Waals surface area contributed by atoms with E-state index in [2.05, 4.69) is 20.9 Å². The highest BCUT2D eigenvalue weighted by Gasteiger charge is 2.04. The fourth-order valence-electron chi connectivity index (χ4n) is 1.26. The van der Waals surface area contributed by atoms with Gasteiger partial charge >= 0.3 is 0 Å². The summed E-state index contributed by atoms with van der Waals surface area (Å²) in [5.41, 5.74) is 0.481. The Labute approximate surface area is 112 Å². The second kappa shape index (κ2) is 5.47. The van der Waals surface area contributed by atoms with Crippen molar-refractivity contribution in [3.63, 3.8) is 0 Å². The lowest BCUT2D eigenvalue weighted by molar-refractivity contribution is 0.298. The number of halogens is 3. The molecule has 5 heteroatoms.